The van der Waals surface area contributed by atoms with Gasteiger partial charge in [0.15, 0.2) is 17.3 Å². The second-order valence-corrected chi connectivity index (χ2v) is 7.48. The van der Waals surface area contributed by atoms with Gasteiger partial charge in [0.05, 0.1) is 27.0 Å². The van der Waals surface area contributed by atoms with Crippen LogP contribution < -0.4 is 14.8 Å². The van der Waals surface area contributed by atoms with Crippen LogP contribution in [-0.4, -0.2) is 43.0 Å². The van der Waals surface area contributed by atoms with Crippen molar-refractivity contribution in [3.05, 3.63) is 77.7 Å². The zero-order valence-corrected chi connectivity index (χ0v) is 19.1. The smallest absolute Gasteiger partial charge is 0.431 e. The number of carbonyl (C=O) groups is 2. The summed E-state index contributed by atoms with van der Waals surface area (Å²) < 4.78 is 21.6. The summed E-state index contributed by atoms with van der Waals surface area (Å²) in [6.07, 6.45) is 0.917. The summed E-state index contributed by atoms with van der Waals surface area (Å²) in [5.74, 6) is 0.934. The van der Waals surface area contributed by atoms with E-state index in [0.29, 0.717) is 34.9 Å². The van der Waals surface area contributed by atoms with Gasteiger partial charge in [0.25, 0.3) is 5.91 Å². The number of rotatable bonds is 8. The molecule has 1 aromatic heterocycles. The van der Waals surface area contributed by atoms with Gasteiger partial charge in [-0.2, -0.15) is 10.1 Å². The Labute approximate surface area is 196 Å². The lowest BCUT2D eigenvalue weighted by Crippen LogP contribution is -2.41. The molecule has 9 nitrogen and oxygen atoms in total. The zero-order chi connectivity index (χ0) is 24.1. The topological polar surface area (TPSA) is 103 Å². The number of ether oxygens (including phenoxy) is 3. The quantitative estimate of drug-likeness (QED) is 0.520. The van der Waals surface area contributed by atoms with E-state index in [0.717, 1.165) is 5.56 Å². The second-order valence-electron chi connectivity index (χ2n) is 7.48. The molecule has 4 rings (SSSR count). The minimum absolute atomic E-state index is 0.0979. The number of cyclic esters (lactones) is 1. The Hall–Kier alpha value is -4.27. The molecule has 0 saturated heterocycles. The van der Waals surface area contributed by atoms with E-state index < -0.39 is 12.2 Å². The molecule has 0 bridgehead atoms. The third-order valence-corrected chi connectivity index (χ3v) is 5.37. The number of hydrogen-bond donors (Lipinski definition) is 1. The van der Waals surface area contributed by atoms with E-state index in [-0.39, 0.29) is 18.2 Å². The summed E-state index contributed by atoms with van der Waals surface area (Å²) in [4.78, 5) is 25.2. The number of methoxy groups -OCH3 is 2. The summed E-state index contributed by atoms with van der Waals surface area (Å²) in [7, 11) is 3.12. The van der Waals surface area contributed by atoms with E-state index in [4.69, 9.17) is 18.6 Å². The van der Waals surface area contributed by atoms with Crippen molar-refractivity contribution in [1.29, 1.82) is 0 Å². The van der Waals surface area contributed by atoms with Crippen LogP contribution in [0.3, 0.4) is 0 Å². The number of amides is 2. The summed E-state index contributed by atoms with van der Waals surface area (Å²) >= 11 is 0. The molecule has 0 saturated carbocycles. The molecule has 1 N–H and O–H groups in total. The Kier molecular flexibility index (Phi) is 6.82. The highest BCUT2D eigenvalue weighted by Gasteiger charge is 2.31. The van der Waals surface area contributed by atoms with Crippen LogP contribution in [0.5, 0.6) is 11.5 Å². The van der Waals surface area contributed by atoms with Gasteiger partial charge in [0, 0.05) is 11.3 Å². The summed E-state index contributed by atoms with van der Waals surface area (Å²) in [5, 5.41) is 8.69. The highest BCUT2D eigenvalue weighted by atomic mass is 16.6. The van der Waals surface area contributed by atoms with Crippen molar-refractivity contribution in [2.24, 2.45) is 5.10 Å². The van der Waals surface area contributed by atoms with Gasteiger partial charge in [-0.25, -0.2) is 4.79 Å². The Morgan fingerprint density at radius 2 is 1.88 bits per heavy atom. The first kappa shape index (κ1) is 22.9. The minimum atomic E-state index is -0.566. The lowest BCUT2D eigenvalue weighted by atomic mass is 10.0. The molecule has 2 aromatic carbocycles. The largest absolute Gasteiger partial charge is 0.493 e. The van der Waals surface area contributed by atoms with Crippen LogP contribution in [0.15, 0.2) is 70.4 Å². The van der Waals surface area contributed by atoms with Crippen LogP contribution in [0.2, 0.25) is 0 Å². The van der Waals surface area contributed by atoms with Crippen LogP contribution in [0.4, 0.5) is 10.5 Å². The second kappa shape index (κ2) is 10.1. The number of anilines is 1. The number of nitrogens with one attached hydrogen (secondary N) is 1. The fourth-order valence-corrected chi connectivity index (χ4v) is 3.62. The maximum absolute atomic E-state index is 12.7. The standard InChI is InChI=1S/C25H25N3O6/c1-4-19-23(16-11-12-20(31-2)22(14-16)32-3)27-28(25(30)34-19)15-17-8-5-6-9-18(17)26-24(29)21-10-7-13-33-21/h5-14,19H,4,15H2,1-3H3,(H,26,29). The number of hydrazone groups is 1. The van der Waals surface area contributed by atoms with Crippen molar-refractivity contribution >= 4 is 23.4 Å². The monoisotopic (exact) mass is 463 g/mol. The Morgan fingerprint density at radius 1 is 1.09 bits per heavy atom. The molecule has 3 aromatic rings. The summed E-state index contributed by atoms with van der Waals surface area (Å²) in [5.41, 5.74) is 2.57. The first-order chi connectivity index (χ1) is 16.5. The van der Waals surface area contributed by atoms with Crippen molar-refractivity contribution in [2.45, 2.75) is 26.0 Å². The average molecular weight is 463 g/mol. The van der Waals surface area contributed by atoms with E-state index in [1.165, 1.54) is 11.3 Å². The third kappa shape index (κ3) is 4.73. The predicted octanol–water partition coefficient (Wildman–Crippen LogP) is 4.68. The molecule has 1 aliphatic heterocycles. The van der Waals surface area contributed by atoms with Gasteiger partial charge in [0.1, 0.15) is 11.8 Å². The molecule has 2 amide bonds. The molecule has 34 heavy (non-hydrogen) atoms. The molecule has 176 valence electrons. The number of hydrogen-bond acceptors (Lipinski definition) is 7. The molecular weight excluding hydrogens is 438 g/mol. The fourth-order valence-electron chi connectivity index (χ4n) is 3.62. The van der Waals surface area contributed by atoms with Crippen molar-refractivity contribution < 1.29 is 28.2 Å². The van der Waals surface area contributed by atoms with Crippen LogP contribution in [0.1, 0.15) is 35.0 Å². The molecule has 0 radical (unpaired) electrons. The highest BCUT2D eigenvalue weighted by Crippen LogP contribution is 2.30. The molecule has 0 spiro atoms. The molecule has 2 heterocycles. The van der Waals surface area contributed by atoms with E-state index in [1.54, 1.807) is 50.6 Å². The van der Waals surface area contributed by atoms with Gasteiger partial charge in [-0.3, -0.25) is 4.79 Å². The van der Waals surface area contributed by atoms with Gasteiger partial charge in [-0.15, -0.1) is 0 Å². The summed E-state index contributed by atoms with van der Waals surface area (Å²) in [6, 6.07) is 15.8. The van der Waals surface area contributed by atoms with Crippen LogP contribution in [0.25, 0.3) is 0 Å². The van der Waals surface area contributed by atoms with Gasteiger partial charge >= 0.3 is 6.09 Å². The summed E-state index contributed by atoms with van der Waals surface area (Å²) in [6.45, 7) is 2.02. The fraction of sp³-hybridized carbons (Fsp3) is 0.240. The number of nitrogens with zero attached hydrogens (tertiary/aromatic N) is 2. The van der Waals surface area contributed by atoms with Gasteiger partial charge in [-0.05, 0) is 48.4 Å². The van der Waals surface area contributed by atoms with Crippen LogP contribution in [-0.2, 0) is 11.3 Å². The van der Waals surface area contributed by atoms with Gasteiger partial charge < -0.3 is 23.9 Å². The maximum atomic E-state index is 12.7. The predicted molar refractivity (Wildman–Crippen MR) is 125 cm³/mol. The molecule has 0 fully saturated rings. The Balaban J connectivity index is 1.63. The molecule has 0 aliphatic carbocycles. The lowest BCUT2D eigenvalue weighted by Gasteiger charge is -2.30. The van der Waals surface area contributed by atoms with E-state index in [1.807, 2.05) is 25.1 Å². The number of furan rings is 1. The molecule has 1 unspecified atom stereocenters. The SMILES string of the molecule is CCC1OC(=O)N(Cc2ccccc2NC(=O)c2ccco2)N=C1c1ccc(OC)c(OC)c1. The van der Waals surface area contributed by atoms with Crippen molar-refractivity contribution in [3.63, 3.8) is 0 Å². The Morgan fingerprint density at radius 3 is 2.59 bits per heavy atom. The van der Waals surface area contributed by atoms with Crippen LogP contribution >= 0.6 is 0 Å². The number of para-hydroxylation sites is 1. The first-order valence-corrected chi connectivity index (χ1v) is 10.8. The molecule has 1 aliphatic rings. The highest BCUT2D eigenvalue weighted by molar-refractivity contribution is 6.06. The lowest BCUT2D eigenvalue weighted by molar-refractivity contribution is 0.0713. The van der Waals surface area contributed by atoms with E-state index in [2.05, 4.69) is 10.4 Å². The zero-order valence-electron chi connectivity index (χ0n) is 19.1. The van der Waals surface area contributed by atoms with Crippen molar-refractivity contribution in [2.75, 3.05) is 19.5 Å². The van der Waals surface area contributed by atoms with E-state index >= 15 is 0 Å². The average Bonchev–Trinajstić information content (AvgIpc) is 3.41. The van der Waals surface area contributed by atoms with Crippen molar-refractivity contribution in [1.82, 2.24) is 5.01 Å². The Bertz CT molecular complexity index is 1210. The van der Waals surface area contributed by atoms with Crippen LogP contribution in [0, 0.1) is 0 Å². The molecular formula is C25H25N3O6. The molecule has 1 atom stereocenters. The number of benzene rings is 2. The molecule has 9 heteroatoms. The van der Waals surface area contributed by atoms with Gasteiger partial charge in [0.2, 0.25) is 0 Å². The minimum Gasteiger partial charge on any atom is -0.493 e. The normalized spacial score (nSPS) is 15.4. The van der Waals surface area contributed by atoms with Crippen molar-refractivity contribution in [3.8, 4) is 11.5 Å². The first-order valence-electron chi connectivity index (χ1n) is 10.8. The maximum Gasteiger partial charge on any atom is 0.431 e. The van der Waals surface area contributed by atoms with Gasteiger partial charge in [-0.1, -0.05) is 25.1 Å². The van der Waals surface area contributed by atoms with E-state index in [9.17, 15) is 9.59 Å². The number of carbonyl (C=O) groups excluding carboxylic acids is 2. The third-order valence-electron chi connectivity index (χ3n) is 5.37.